The molecule has 2 aromatic carbocycles. The normalized spacial score (nSPS) is 11.4. The van der Waals surface area contributed by atoms with Crippen LogP contribution in [0.4, 0.5) is 8.78 Å². The second-order valence-electron chi connectivity index (χ2n) is 5.24. The molecule has 0 amide bonds. The van der Waals surface area contributed by atoms with E-state index >= 15 is 0 Å². The van der Waals surface area contributed by atoms with Gasteiger partial charge in [0.25, 0.3) is 0 Å². The van der Waals surface area contributed by atoms with Crippen molar-refractivity contribution < 1.29 is 8.78 Å². The summed E-state index contributed by atoms with van der Waals surface area (Å²) in [7, 11) is 0. The van der Waals surface area contributed by atoms with Crippen LogP contribution in [-0.2, 0) is 0 Å². The molecule has 1 N–H and O–H groups in total. The van der Waals surface area contributed by atoms with Crippen LogP contribution in [0.15, 0.2) is 42.7 Å². The Morgan fingerprint density at radius 2 is 1.86 bits per heavy atom. The van der Waals surface area contributed by atoms with Crippen molar-refractivity contribution in [2.75, 3.05) is 0 Å². The number of halogens is 2. The first-order chi connectivity index (χ1) is 10.6. The van der Waals surface area contributed by atoms with Gasteiger partial charge in [-0.3, -0.25) is 4.98 Å². The maximum Gasteiger partial charge on any atom is 0.125 e. The number of aromatic nitrogens is 3. The smallest absolute Gasteiger partial charge is 0.125 e. The van der Waals surface area contributed by atoms with E-state index in [-0.39, 0.29) is 11.6 Å². The minimum Gasteiger partial charge on any atom is -0.360 e. The predicted molar refractivity (Wildman–Crippen MR) is 81.5 cm³/mol. The van der Waals surface area contributed by atoms with E-state index in [1.807, 2.05) is 6.92 Å². The minimum absolute atomic E-state index is 0.300. The van der Waals surface area contributed by atoms with Crippen LogP contribution in [0, 0.1) is 18.6 Å². The number of aryl methyl sites for hydroxylation is 1. The van der Waals surface area contributed by atoms with Gasteiger partial charge in [-0.1, -0.05) is 0 Å². The first kappa shape index (κ1) is 12.9. The van der Waals surface area contributed by atoms with Crippen molar-refractivity contribution in [3.8, 4) is 11.3 Å². The van der Waals surface area contributed by atoms with E-state index in [2.05, 4.69) is 15.0 Å². The monoisotopic (exact) mass is 295 g/mol. The summed E-state index contributed by atoms with van der Waals surface area (Å²) in [5.74, 6) is -0.662. The fourth-order valence-corrected chi connectivity index (χ4v) is 2.70. The number of hydrogen-bond donors (Lipinski definition) is 1. The molecule has 0 saturated heterocycles. The molecular weight excluding hydrogens is 284 g/mol. The van der Waals surface area contributed by atoms with Gasteiger partial charge in [0.15, 0.2) is 0 Å². The van der Waals surface area contributed by atoms with Gasteiger partial charge in [0.05, 0.1) is 22.9 Å². The van der Waals surface area contributed by atoms with E-state index in [1.54, 1.807) is 18.5 Å². The average molecular weight is 295 g/mol. The molecule has 0 aliphatic carbocycles. The number of nitrogens with one attached hydrogen (secondary N) is 1. The quantitative estimate of drug-likeness (QED) is 0.566. The van der Waals surface area contributed by atoms with Crippen molar-refractivity contribution in [1.82, 2.24) is 15.0 Å². The van der Waals surface area contributed by atoms with E-state index in [0.29, 0.717) is 16.7 Å². The average Bonchev–Trinajstić information content (AvgIpc) is 2.90. The van der Waals surface area contributed by atoms with Crippen LogP contribution < -0.4 is 0 Å². The standard InChI is InChI=1S/C17H11F2N3/c1-9-4-11(19)5-12-13(7-21-17(9)12)16-8-20-14-3-2-10(18)6-15(14)22-16/h2-8,21H,1H3. The zero-order valence-electron chi connectivity index (χ0n) is 11.7. The van der Waals surface area contributed by atoms with Crippen molar-refractivity contribution in [3.05, 3.63) is 59.9 Å². The second-order valence-corrected chi connectivity index (χ2v) is 5.24. The molecular formula is C17H11F2N3. The van der Waals surface area contributed by atoms with Crippen LogP contribution in [-0.4, -0.2) is 15.0 Å². The van der Waals surface area contributed by atoms with E-state index in [0.717, 1.165) is 22.0 Å². The topological polar surface area (TPSA) is 41.6 Å². The lowest BCUT2D eigenvalue weighted by atomic mass is 10.1. The largest absolute Gasteiger partial charge is 0.360 e. The molecule has 4 aromatic rings. The molecule has 5 heteroatoms. The number of rotatable bonds is 1. The first-order valence-electron chi connectivity index (χ1n) is 6.82. The molecule has 0 bridgehead atoms. The Kier molecular flexibility index (Phi) is 2.69. The van der Waals surface area contributed by atoms with Crippen molar-refractivity contribution in [2.24, 2.45) is 0 Å². The fraction of sp³-hybridized carbons (Fsp3) is 0.0588. The summed E-state index contributed by atoms with van der Waals surface area (Å²) in [6.45, 7) is 1.84. The molecule has 0 spiro atoms. The number of fused-ring (bicyclic) bond motifs is 2. The van der Waals surface area contributed by atoms with E-state index in [4.69, 9.17) is 0 Å². The van der Waals surface area contributed by atoms with Crippen LogP contribution in [0.1, 0.15) is 5.56 Å². The third-order valence-electron chi connectivity index (χ3n) is 3.73. The molecule has 0 aliphatic rings. The SMILES string of the molecule is Cc1cc(F)cc2c(-c3cnc4ccc(F)cc4n3)c[nH]c12. The number of hydrogen-bond acceptors (Lipinski definition) is 2. The predicted octanol–water partition coefficient (Wildman–Crippen LogP) is 4.36. The van der Waals surface area contributed by atoms with Gasteiger partial charge in [-0.25, -0.2) is 13.8 Å². The summed E-state index contributed by atoms with van der Waals surface area (Å²) in [5, 5.41) is 0.738. The van der Waals surface area contributed by atoms with Crippen molar-refractivity contribution in [1.29, 1.82) is 0 Å². The highest BCUT2D eigenvalue weighted by Crippen LogP contribution is 2.30. The molecule has 4 rings (SSSR count). The summed E-state index contributed by atoms with van der Waals surface area (Å²) in [6.07, 6.45) is 3.38. The van der Waals surface area contributed by atoms with Gasteiger partial charge in [0.1, 0.15) is 11.6 Å². The molecule has 3 nitrogen and oxygen atoms in total. The maximum absolute atomic E-state index is 13.7. The van der Waals surface area contributed by atoms with Gasteiger partial charge >= 0.3 is 0 Å². The molecule has 0 unspecified atom stereocenters. The minimum atomic E-state index is -0.361. The van der Waals surface area contributed by atoms with Gasteiger partial charge in [-0.15, -0.1) is 0 Å². The zero-order chi connectivity index (χ0) is 15.3. The number of aromatic amines is 1. The van der Waals surface area contributed by atoms with E-state index in [9.17, 15) is 8.78 Å². The van der Waals surface area contributed by atoms with Gasteiger partial charge in [-0.2, -0.15) is 0 Å². The first-order valence-corrected chi connectivity index (χ1v) is 6.82. The van der Waals surface area contributed by atoms with Crippen LogP contribution in [0.5, 0.6) is 0 Å². The van der Waals surface area contributed by atoms with E-state index in [1.165, 1.54) is 24.3 Å². The van der Waals surface area contributed by atoms with Gasteiger partial charge in [0, 0.05) is 28.7 Å². The lowest BCUT2D eigenvalue weighted by molar-refractivity contribution is 0.628. The summed E-state index contributed by atoms with van der Waals surface area (Å²) in [5.41, 5.74) is 4.09. The number of benzene rings is 2. The van der Waals surface area contributed by atoms with Gasteiger partial charge < -0.3 is 4.98 Å². The third-order valence-corrected chi connectivity index (χ3v) is 3.73. The molecule has 108 valence electrons. The molecule has 0 saturated carbocycles. The fourth-order valence-electron chi connectivity index (χ4n) is 2.70. The Morgan fingerprint density at radius 3 is 2.73 bits per heavy atom. The summed E-state index contributed by atoms with van der Waals surface area (Å²) < 4.78 is 27.0. The second kappa shape index (κ2) is 4.59. The molecule has 0 aliphatic heterocycles. The zero-order valence-corrected chi connectivity index (χ0v) is 11.7. The maximum atomic E-state index is 13.7. The number of H-pyrrole nitrogens is 1. The lowest BCUT2D eigenvalue weighted by Crippen LogP contribution is -1.89. The van der Waals surface area contributed by atoms with Gasteiger partial charge in [-0.05, 0) is 36.8 Å². The molecule has 0 radical (unpaired) electrons. The Balaban J connectivity index is 1.98. The summed E-state index contributed by atoms with van der Waals surface area (Å²) in [6, 6.07) is 7.21. The highest BCUT2D eigenvalue weighted by atomic mass is 19.1. The van der Waals surface area contributed by atoms with Gasteiger partial charge in [0.2, 0.25) is 0 Å². The Labute approximate surface area is 124 Å². The molecule has 2 aromatic heterocycles. The lowest BCUT2D eigenvalue weighted by Gasteiger charge is -2.03. The van der Waals surface area contributed by atoms with Crippen LogP contribution >= 0.6 is 0 Å². The highest BCUT2D eigenvalue weighted by Gasteiger charge is 2.12. The molecule has 22 heavy (non-hydrogen) atoms. The molecule has 2 heterocycles. The Bertz CT molecular complexity index is 1020. The summed E-state index contributed by atoms with van der Waals surface area (Å²) >= 11 is 0. The Morgan fingerprint density at radius 1 is 1.00 bits per heavy atom. The molecule has 0 fully saturated rings. The van der Waals surface area contributed by atoms with Crippen molar-refractivity contribution in [2.45, 2.75) is 6.92 Å². The third kappa shape index (κ3) is 1.94. The Hall–Kier alpha value is -2.82. The molecule has 0 atom stereocenters. The van der Waals surface area contributed by atoms with Crippen LogP contribution in [0.2, 0.25) is 0 Å². The van der Waals surface area contributed by atoms with Crippen LogP contribution in [0.3, 0.4) is 0 Å². The van der Waals surface area contributed by atoms with Crippen molar-refractivity contribution >= 4 is 21.9 Å². The summed E-state index contributed by atoms with van der Waals surface area (Å²) in [4.78, 5) is 11.9. The van der Waals surface area contributed by atoms with E-state index < -0.39 is 0 Å². The number of nitrogens with zero attached hydrogens (tertiary/aromatic N) is 2. The van der Waals surface area contributed by atoms with Crippen LogP contribution in [0.25, 0.3) is 33.2 Å². The highest BCUT2D eigenvalue weighted by molar-refractivity contribution is 5.96. The van der Waals surface area contributed by atoms with Crippen molar-refractivity contribution in [3.63, 3.8) is 0 Å².